The number of phenolic OH excluding ortho intramolecular Hbond substituents is 1. The lowest BCUT2D eigenvalue weighted by Gasteiger charge is -2.22. The molecule has 2 heterocycles. The summed E-state index contributed by atoms with van der Waals surface area (Å²) in [6, 6.07) is 13.5. The summed E-state index contributed by atoms with van der Waals surface area (Å²) in [5, 5.41) is 10.6. The zero-order chi connectivity index (χ0) is 21.1. The Labute approximate surface area is 176 Å². The number of phenols is 1. The van der Waals surface area contributed by atoms with E-state index in [-0.39, 0.29) is 5.75 Å². The predicted octanol–water partition coefficient (Wildman–Crippen LogP) is 4.17. The predicted molar refractivity (Wildman–Crippen MR) is 115 cm³/mol. The van der Waals surface area contributed by atoms with Gasteiger partial charge in [-0.05, 0) is 37.3 Å². The van der Waals surface area contributed by atoms with Crippen LogP contribution in [0.4, 0.5) is 0 Å². The molecule has 1 N–H and O–H groups in total. The number of ether oxygens (including phenoxy) is 3. The van der Waals surface area contributed by atoms with Crippen LogP contribution in [0.1, 0.15) is 16.7 Å². The van der Waals surface area contributed by atoms with Gasteiger partial charge in [0.2, 0.25) is 0 Å². The summed E-state index contributed by atoms with van der Waals surface area (Å²) in [7, 11) is 3.35. The number of methoxy groups -OCH3 is 2. The maximum absolute atomic E-state index is 10.6. The van der Waals surface area contributed by atoms with E-state index in [1.807, 2.05) is 43.3 Å². The largest absolute Gasteiger partial charge is 0.504 e. The zero-order valence-corrected chi connectivity index (χ0v) is 17.5. The molecule has 2 aromatic carbocycles. The molecule has 0 radical (unpaired) electrons. The number of aromatic hydroxyl groups is 1. The van der Waals surface area contributed by atoms with Gasteiger partial charge in [-0.25, -0.2) is 0 Å². The molecule has 0 atom stereocenters. The Morgan fingerprint density at radius 3 is 2.73 bits per heavy atom. The van der Waals surface area contributed by atoms with Gasteiger partial charge in [-0.2, -0.15) is 0 Å². The molecule has 1 aliphatic heterocycles. The van der Waals surface area contributed by atoms with Gasteiger partial charge in [-0.15, -0.1) is 0 Å². The molecule has 1 aromatic heterocycles. The zero-order valence-electron chi connectivity index (χ0n) is 17.5. The third-order valence-electron chi connectivity index (χ3n) is 5.41. The van der Waals surface area contributed by atoms with Gasteiger partial charge in [0, 0.05) is 48.1 Å². The van der Waals surface area contributed by atoms with Crippen LogP contribution in [0.15, 0.2) is 48.7 Å². The van der Waals surface area contributed by atoms with Crippen LogP contribution in [0.3, 0.4) is 0 Å². The number of hydrogen-bond donors (Lipinski definition) is 1. The Morgan fingerprint density at radius 1 is 1.13 bits per heavy atom. The van der Waals surface area contributed by atoms with E-state index in [0.29, 0.717) is 25.4 Å². The molecule has 30 heavy (non-hydrogen) atoms. The lowest BCUT2D eigenvalue weighted by atomic mass is 10.0. The number of rotatable bonds is 5. The van der Waals surface area contributed by atoms with Crippen molar-refractivity contribution in [3.05, 3.63) is 65.4 Å². The van der Waals surface area contributed by atoms with Gasteiger partial charge in [0.15, 0.2) is 11.5 Å². The average Bonchev–Trinajstić information content (AvgIpc) is 2.97. The fraction of sp³-hybridized carbons (Fsp3) is 0.292. The second-order valence-corrected chi connectivity index (χ2v) is 7.34. The monoisotopic (exact) mass is 406 g/mol. The van der Waals surface area contributed by atoms with Gasteiger partial charge >= 0.3 is 0 Å². The van der Waals surface area contributed by atoms with Crippen LogP contribution in [-0.2, 0) is 13.1 Å². The van der Waals surface area contributed by atoms with Crippen LogP contribution in [0.25, 0.3) is 11.3 Å². The van der Waals surface area contributed by atoms with Gasteiger partial charge in [0.05, 0.1) is 19.9 Å². The summed E-state index contributed by atoms with van der Waals surface area (Å²) in [6.07, 6.45) is 1.75. The minimum Gasteiger partial charge on any atom is -0.504 e. The Morgan fingerprint density at radius 2 is 2.00 bits per heavy atom. The summed E-state index contributed by atoms with van der Waals surface area (Å²) in [6.45, 7) is 4.59. The summed E-state index contributed by atoms with van der Waals surface area (Å²) >= 11 is 0. The second kappa shape index (κ2) is 8.63. The molecule has 0 bridgehead atoms. The van der Waals surface area contributed by atoms with Crippen LogP contribution in [0, 0.1) is 6.92 Å². The average molecular weight is 406 g/mol. The van der Waals surface area contributed by atoms with Crippen LogP contribution in [-0.4, -0.2) is 42.4 Å². The first-order valence-electron chi connectivity index (χ1n) is 9.93. The summed E-state index contributed by atoms with van der Waals surface area (Å²) in [5.74, 6) is 2.35. The molecule has 6 heteroatoms. The van der Waals surface area contributed by atoms with E-state index in [2.05, 4.69) is 9.88 Å². The molecule has 0 saturated heterocycles. The second-order valence-electron chi connectivity index (χ2n) is 7.34. The molecule has 0 aliphatic carbocycles. The molecule has 3 aromatic rings. The summed E-state index contributed by atoms with van der Waals surface area (Å²) in [4.78, 5) is 6.69. The maximum Gasteiger partial charge on any atom is 0.165 e. The van der Waals surface area contributed by atoms with Crippen molar-refractivity contribution in [3.63, 3.8) is 0 Å². The van der Waals surface area contributed by atoms with Crippen LogP contribution < -0.4 is 14.2 Å². The highest BCUT2D eigenvalue weighted by atomic mass is 16.5. The molecular weight excluding hydrogens is 380 g/mol. The quantitative estimate of drug-likeness (QED) is 0.686. The lowest BCUT2D eigenvalue weighted by molar-refractivity contribution is 0.215. The number of pyridine rings is 1. The van der Waals surface area contributed by atoms with Gasteiger partial charge in [-0.3, -0.25) is 9.88 Å². The molecular formula is C24H26N2O4. The Balaban J connectivity index is 1.64. The van der Waals surface area contributed by atoms with Gasteiger partial charge < -0.3 is 19.3 Å². The number of nitrogens with zero attached hydrogens (tertiary/aromatic N) is 2. The molecule has 0 saturated carbocycles. The highest BCUT2D eigenvalue weighted by Gasteiger charge is 2.22. The third kappa shape index (κ3) is 3.91. The van der Waals surface area contributed by atoms with Gasteiger partial charge in [0.1, 0.15) is 18.1 Å². The molecule has 4 rings (SSSR count). The topological polar surface area (TPSA) is 64.1 Å². The van der Waals surface area contributed by atoms with E-state index in [4.69, 9.17) is 14.2 Å². The SMILES string of the molecule is COc1ccc(CN2CCOc3c(O)cc(-c4ccccn4)cc3C2)c(OC)c1C. The Bertz CT molecular complexity index is 1040. The molecule has 1 aliphatic rings. The maximum atomic E-state index is 10.6. The molecule has 6 nitrogen and oxygen atoms in total. The van der Waals surface area contributed by atoms with E-state index < -0.39 is 0 Å². The van der Waals surface area contributed by atoms with Gasteiger partial charge in [0.25, 0.3) is 0 Å². The van der Waals surface area contributed by atoms with Crippen molar-refractivity contribution in [2.24, 2.45) is 0 Å². The van der Waals surface area contributed by atoms with Crippen molar-refractivity contribution in [3.8, 4) is 34.3 Å². The van der Waals surface area contributed by atoms with Crippen molar-refractivity contribution in [2.75, 3.05) is 27.4 Å². The highest BCUT2D eigenvalue weighted by molar-refractivity contribution is 5.66. The Hall–Kier alpha value is -3.25. The first-order valence-corrected chi connectivity index (χ1v) is 9.93. The van der Waals surface area contributed by atoms with Crippen molar-refractivity contribution in [1.82, 2.24) is 9.88 Å². The van der Waals surface area contributed by atoms with Crippen molar-refractivity contribution < 1.29 is 19.3 Å². The van der Waals surface area contributed by atoms with Gasteiger partial charge in [-0.1, -0.05) is 12.1 Å². The fourth-order valence-electron chi connectivity index (χ4n) is 3.97. The fourth-order valence-corrected chi connectivity index (χ4v) is 3.97. The van der Waals surface area contributed by atoms with Crippen LogP contribution in [0.5, 0.6) is 23.0 Å². The molecule has 0 unspecified atom stereocenters. The number of benzene rings is 2. The molecule has 0 amide bonds. The van der Waals surface area contributed by atoms with Crippen molar-refractivity contribution in [1.29, 1.82) is 0 Å². The van der Waals surface area contributed by atoms with E-state index in [9.17, 15) is 5.11 Å². The first kappa shape index (κ1) is 20.0. The van der Waals surface area contributed by atoms with Crippen LogP contribution >= 0.6 is 0 Å². The first-order chi connectivity index (χ1) is 14.6. The minimum absolute atomic E-state index is 0.146. The lowest BCUT2D eigenvalue weighted by Crippen LogP contribution is -2.25. The molecule has 156 valence electrons. The Kier molecular flexibility index (Phi) is 5.77. The number of hydrogen-bond acceptors (Lipinski definition) is 6. The highest BCUT2D eigenvalue weighted by Crippen LogP contribution is 2.38. The summed E-state index contributed by atoms with van der Waals surface area (Å²) < 4.78 is 17.0. The molecule has 0 spiro atoms. The smallest absolute Gasteiger partial charge is 0.165 e. The van der Waals surface area contributed by atoms with E-state index >= 15 is 0 Å². The van der Waals surface area contributed by atoms with E-state index in [1.165, 1.54) is 0 Å². The third-order valence-corrected chi connectivity index (χ3v) is 5.41. The van der Waals surface area contributed by atoms with Crippen molar-refractivity contribution in [2.45, 2.75) is 20.0 Å². The number of fused-ring (bicyclic) bond motifs is 1. The number of aromatic nitrogens is 1. The van der Waals surface area contributed by atoms with E-state index in [1.54, 1.807) is 26.5 Å². The van der Waals surface area contributed by atoms with Crippen LogP contribution in [0.2, 0.25) is 0 Å². The van der Waals surface area contributed by atoms with E-state index in [0.717, 1.165) is 46.0 Å². The normalized spacial score (nSPS) is 13.8. The van der Waals surface area contributed by atoms with Crippen molar-refractivity contribution >= 4 is 0 Å². The minimum atomic E-state index is 0.146. The standard InChI is InChI=1S/C24H26N2O4/c1-16-22(28-2)8-7-17(23(16)29-3)14-26-10-11-30-24-19(15-26)12-18(13-21(24)27)20-6-4-5-9-25-20/h4-9,12-13,27H,10-11,14-15H2,1-3H3. The summed E-state index contributed by atoms with van der Waals surface area (Å²) in [5.41, 5.74) is 4.70. The molecule has 0 fully saturated rings.